The van der Waals surface area contributed by atoms with Crippen LogP contribution in [0.4, 0.5) is 0 Å². The number of hydrogen-bond acceptors (Lipinski definition) is 5. The van der Waals surface area contributed by atoms with E-state index < -0.39 is 5.97 Å². The normalized spacial score (nSPS) is 14.9. The number of thioether (sulfide) groups is 1. The fourth-order valence-corrected chi connectivity index (χ4v) is 4.96. The third-order valence-corrected chi connectivity index (χ3v) is 6.99. The van der Waals surface area contributed by atoms with Crippen molar-refractivity contribution >= 4 is 73.8 Å². The highest BCUT2D eigenvalue weighted by atomic mass is 79.9. The van der Waals surface area contributed by atoms with Crippen molar-refractivity contribution in [3.63, 3.8) is 0 Å². The molecule has 1 fully saturated rings. The molecule has 1 aliphatic rings. The Bertz CT molecular complexity index is 1060. The van der Waals surface area contributed by atoms with Gasteiger partial charge in [0.1, 0.15) is 16.7 Å². The number of benzene rings is 2. The number of hydrogen-bond donors (Lipinski definition) is 1. The minimum Gasteiger partial charge on any atom is -0.488 e. The van der Waals surface area contributed by atoms with Crippen LogP contribution < -0.4 is 4.74 Å². The number of carbonyl (C=O) groups excluding carboxylic acids is 1. The van der Waals surface area contributed by atoms with Gasteiger partial charge in [0, 0.05) is 33.6 Å². The van der Waals surface area contributed by atoms with Crippen LogP contribution in [0.3, 0.4) is 0 Å². The maximum Gasteiger partial charge on any atom is 0.303 e. The highest BCUT2D eigenvalue weighted by Crippen LogP contribution is 2.35. The van der Waals surface area contributed by atoms with Gasteiger partial charge in [-0.05, 0) is 43.2 Å². The smallest absolute Gasteiger partial charge is 0.303 e. The Morgan fingerprint density at radius 2 is 2.00 bits per heavy atom. The first-order valence-corrected chi connectivity index (χ1v) is 12.4. The first kappa shape index (κ1) is 24.8. The van der Waals surface area contributed by atoms with Gasteiger partial charge in [0.15, 0.2) is 0 Å². The van der Waals surface area contributed by atoms with Gasteiger partial charge in [-0.25, -0.2) is 0 Å². The molecule has 0 radical (unpaired) electrons. The van der Waals surface area contributed by atoms with E-state index in [0.717, 1.165) is 22.0 Å². The van der Waals surface area contributed by atoms with Crippen molar-refractivity contribution in [1.82, 2.24) is 4.90 Å². The molecule has 5 nitrogen and oxygen atoms in total. The Balaban J connectivity index is 1.69. The summed E-state index contributed by atoms with van der Waals surface area (Å²) in [6.07, 6.45) is 3.95. The largest absolute Gasteiger partial charge is 0.488 e. The lowest BCUT2D eigenvalue weighted by molar-refractivity contribution is -0.137. The number of carboxylic acid groups (broad SMARTS) is 1. The fraction of sp³-hybridized carbons (Fsp3) is 0.261. The van der Waals surface area contributed by atoms with E-state index in [9.17, 15) is 9.59 Å². The molecule has 1 N–H and O–H groups in total. The van der Waals surface area contributed by atoms with Crippen molar-refractivity contribution in [2.24, 2.45) is 0 Å². The molecule has 9 heteroatoms. The van der Waals surface area contributed by atoms with Gasteiger partial charge in [0.25, 0.3) is 5.91 Å². The second-order valence-corrected chi connectivity index (χ2v) is 10.1. The van der Waals surface area contributed by atoms with E-state index in [1.54, 1.807) is 11.0 Å². The van der Waals surface area contributed by atoms with Crippen LogP contribution in [0, 0.1) is 0 Å². The molecular formula is C23H21BrClNO4S2. The summed E-state index contributed by atoms with van der Waals surface area (Å²) in [6.45, 7) is 0.787. The van der Waals surface area contributed by atoms with Crippen LogP contribution in [0.15, 0.2) is 51.8 Å². The number of ether oxygens (including phenoxy) is 1. The van der Waals surface area contributed by atoms with Gasteiger partial charge in [0.2, 0.25) is 0 Å². The Hall–Kier alpha value is -1.87. The van der Waals surface area contributed by atoms with Gasteiger partial charge in [-0.2, -0.15) is 0 Å². The van der Waals surface area contributed by atoms with Gasteiger partial charge < -0.3 is 9.84 Å². The predicted octanol–water partition coefficient (Wildman–Crippen LogP) is 6.53. The molecule has 0 bridgehead atoms. The van der Waals surface area contributed by atoms with E-state index in [4.69, 9.17) is 33.7 Å². The summed E-state index contributed by atoms with van der Waals surface area (Å²) in [6, 6.07) is 13.1. The molecule has 0 aliphatic carbocycles. The van der Waals surface area contributed by atoms with Crippen LogP contribution in [0.25, 0.3) is 6.08 Å². The Morgan fingerprint density at radius 3 is 2.75 bits per heavy atom. The quantitative estimate of drug-likeness (QED) is 0.205. The highest BCUT2D eigenvalue weighted by Gasteiger charge is 2.31. The van der Waals surface area contributed by atoms with Crippen molar-refractivity contribution in [2.75, 3.05) is 6.54 Å². The maximum absolute atomic E-state index is 12.9. The standard InChI is InChI=1S/C23H21BrClNO4S2/c24-17-9-10-19(30-14-15-6-3-4-7-18(15)25)16(12-17)13-20-22(29)26(23(31)32-20)11-5-1-2-8-21(27)28/h3-4,6-7,9-10,12-13H,1-2,5,8,11,14H2,(H,27,28)/b20-13+. The Kier molecular flexibility index (Phi) is 9.16. The van der Waals surface area contributed by atoms with E-state index in [2.05, 4.69) is 15.9 Å². The molecule has 1 amide bonds. The van der Waals surface area contributed by atoms with Gasteiger partial charge >= 0.3 is 5.97 Å². The molecule has 0 spiro atoms. The average molecular weight is 555 g/mol. The maximum atomic E-state index is 12.9. The first-order chi connectivity index (χ1) is 15.3. The van der Waals surface area contributed by atoms with Crippen LogP contribution in [-0.4, -0.2) is 32.7 Å². The van der Waals surface area contributed by atoms with Crippen molar-refractivity contribution in [2.45, 2.75) is 32.3 Å². The number of amides is 1. The van der Waals surface area contributed by atoms with Crippen LogP contribution in [0.1, 0.15) is 36.8 Å². The van der Waals surface area contributed by atoms with Crippen molar-refractivity contribution in [3.8, 4) is 5.75 Å². The zero-order chi connectivity index (χ0) is 23.1. The van der Waals surface area contributed by atoms with E-state index in [0.29, 0.717) is 46.0 Å². The molecule has 1 saturated heterocycles. The van der Waals surface area contributed by atoms with Crippen molar-refractivity contribution < 1.29 is 19.4 Å². The fourth-order valence-electron chi connectivity index (χ4n) is 3.09. The lowest BCUT2D eigenvalue weighted by Crippen LogP contribution is -2.29. The molecule has 1 heterocycles. The van der Waals surface area contributed by atoms with Crippen molar-refractivity contribution in [3.05, 3.63) is 68.0 Å². The number of carboxylic acids is 1. The van der Waals surface area contributed by atoms with E-state index in [-0.39, 0.29) is 12.3 Å². The number of rotatable bonds is 10. The molecule has 2 aromatic carbocycles. The summed E-state index contributed by atoms with van der Waals surface area (Å²) >= 11 is 16.4. The van der Waals surface area contributed by atoms with Crippen LogP contribution in [0.5, 0.6) is 5.75 Å². The lowest BCUT2D eigenvalue weighted by Gasteiger charge is -2.14. The second kappa shape index (κ2) is 11.8. The number of nitrogens with zero attached hydrogens (tertiary/aromatic N) is 1. The molecule has 2 aromatic rings. The summed E-state index contributed by atoms with van der Waals surface area (Å²) in [7, 11) is 0. The molecule has 0 aromatic heterocycles. The van der Waals surface area contributed by atoms with Gasteiger partial charge in [-0.1, -0.05) is 76.1 Å². The summed E-state index contributed by atoms with van der Waals surface area (Å²) in [4.78, 5) is 25.6. The van der Waals surface area contributed by atoms with Crippen LogP contribution in [-0.2, 0) is 16.2 Å². The summed E-state index contributed by atoms with van der Waals surface area (Å²) in [5, 5.41) is 9.36. The topological polar surface area (TPSA) is 66.8 Å². The summed E-state index contributed by atoms with van der Waals surface area (Å²) in [5.41, 5.74) is 1.63. The average Bonchev–Trinajstić information content (AvgIpc) is 3.01. The zero-order valence-electron chi connectivity index (χ0n) is 17.1. The lowest BCUT2D eigenvalue weighted by atomic mass is 10.1. The summed E-state index contributed by atoms with van der Waals surface area (Å²) < 4.78 is 7.38. The first-order valence-electron chi connectivity index (χ1n) is 9.98. The van der Waals surface area contributed by atoms with Gasteiger partial charge in [-0.15, -0.1) is 0 Å². The number of halogens is 2. The SMILES string of the molecule is O=C(O)CCCCCN1C(=O)/C(=C\c2cc(Br)ccc2OCc2ccccc2Cl)SC1=S. The molecule has 0 atom stereocenters. The second-order valence-electron chi connectivity index (χ2n) is 7.10. The number of thiocarbonyl (C=S) groups is 1. The predicted molar refractivity (Wildman–Crippen MR) is 136 cm³/mol. The summed E-state index contributed by atoms with van der Waals surface area (Å²) in [5.74, 6) is -0.317. The van der Waals surface area contributed by atoms with Gasteiger partial charge in [-0.3, -0.25) is 14.5 Å². The molecule has 168 valence electrons. The number of aliphatic carboxylic acids is 1. The minimum absolute atomic E-state index is 0.137. The van der Waals surface area contributed by atoms with E-state index in [1.807, 2.05) is 42.5 Å². The molecule has 0 saturated carbocycles. The third-order valence-electron chi connectivity index (χ3n) is 4.75. The number of carbonyl (C=O) groups is 2. The molecule has 0 unspecified atom stereocenters. The molecular weight excluding hydrogens is 534 g/mol. The zero-order valence-corrected chi connectivity index (χ0v) is 21.0. The van der Waals surface area contributed by atoms with Crippen molar-refractivity contribution in [1.29, 1.82) is 0 Å². The van der Waals surface area contributed by atoms with Gasteiger partial charge in [0.05, 0.1) is 4.91 Å². The van der Waals surface area contributed by atoms with E-state index >= 15 is 0 Å². The monoisotopic (exact) mass is 553 g/mol. The Labute approximate surface area is 209 Å². The Morgan fingerprint density at radius 1 is 1.22 bits per heavy atom. The van der Waals surface area contributed by atoms with Crippen LogP contribution >= 0.6 is 51.5 Å². The molecule has 3 rings (SSSR count). The van der Waals surface area contributed by atoms with Crippen LogP contribution in [0.2, 0.25) is 5.02 Å². The molecule has 32 heavy (non-hydrogen) atoms. The number of unbranched alkanes of at least 4 members (excludes halogenated alkanes) is 2. The minimum atomic E-state index is -0.805. The highest BCUT2D eigenvalue weighted by molar-refractivity contribution is 9.10. The third kappa shape index (κ3) is 6.81. The molecule has 1 aliphatic heterocycles. The van der Waals surface area contributed by atoms with E-state index in [1.165, 1.54) is 11.8 Å².